The predicted octanol–water partition coefficient (Wildman–Crippen LogP) is 3.43. The zero-order valence-corrected chi connectivity index (χ0v) is 12.2. The molecule has 6 heteroatoms. The Morgan fingerprint density at radius 1 is 1.37 bits per heavy atom. The van der Waals surface area contributed by atoms with Crippen LogP contribution in [-0.4, -0.2) is 15.0 Å². The fourth-order valence-corrected chi connectivity index (χ4v) is 2.31. The molecule has 0 aliphatic carbocycles. The fraction of sp³-hybridized carbons (Fsp3) is 0.385. The average molecular weight is 299 g/mol. The van der Waals surface area contributed by atoms with E-state index in [0.717, 1.165) is 24.1 Å². The minimum atomic E-state index is -0.0561. The van der Waals surface area contributed by atoms with Crippen molar-refractivity contribution >= 4 is 23.2 Å². The molecule has 1 unspecified atom stereocenters. The molecule has 0 radical (unpaired) electrons. The van der Waals surface area contributed by atoms with Crippen LogP contribution in [0, 0.1) is 0 Å². The topological polar surface area (TPSA) is 56.7 Å². The molecule has 1 heterocycles. The van der Waals surface area contributed by atoms with Crippen LogP contribution in [0.3, 0.4) is 0 Å². The number of benzene rings is 1. The molecule has 2 aromatic rings. The van der Waals surface area contributed by atoms with Crippen molar-refractivity contribution in [1.82, 2.24) is 15.0 Å². The number of hydrogen-bond donors (Lipinski definition) is 1. The first-order valence-corrected chi connectivity index (χ1v) is 6.95. The highest BCUT2D eigenvalue weighted by atomic mass is 35.5. The molecule has 1 aromatic carbocycles. The van der Waals surface area contributed by atoms with E-state index >= 15 is 0 Å². The van der Waals surface area contributed by atoms with Crippen LogP contribution in [-0.2, 0) is 6.54 Å². The Kier molecular flexibility index (Phi) is 4.80. The van der Waals surface area contributed by atoms with Crippen molar-refractivity contribution in [3.63, 3.8) is 0 Å². The molecule has 0 spiro atoms. The van der Waals surface area contributed by atoms with E-state index in [1.807, 2.05) is 18.3 Å². The van der Waals surface area contributed by atoms with Crippen LogP contribution < -0.4 is 5.73 Å². The fourth-order valence-electron chi connectivity index (χ4n) is 1.84. The van der Waals surface area contributed by atoms with Crippen molar-refractivity contribution in [2.75, 3.05) is 0 Å². The van der Waals surface area contributed by atoms with Gasteiger partial charge in [-0.1, -0.05) is 47.8 Å². The second-order valence-electron chi connectivity index (χ2n) is 4.47. The summed E-state index contributed by atoms with van der Waals surface area (Å²) in [6.45, 7) is 2.65. The summed E-state index contributed by atoms with van der Waals surface area (Å²) >= 11 is 12.0. The highest BCUT2D eigenvalue weighted by Gasteiger charge is 2.10. The summed E-state index contributed by atoms with van der Waals surface area (Å²) in [6, 6.07) is 5.36. The minimum Gasteiger partial charge on any atom is -0.323 e. The normalized spacial score (nSPS) is 12.6. The van der Waals surface area contributed by atoms with E-state index < -0.39 is 0 Å². The van der Waals surface area contributed by atoms with E-state index in [0.29, 0.717) is 16.6 Å². The lowest BCUT2D eigenvalue weighted by molar-refractivity contribution is 0.617. The molecular formula is C13H16Cl2N4. The summed E-state index contributed by atoms with van der Waals surface area (Å²) < 4.78 is 1.74. The summed E-state index contributed by atoms with van der Waals surface area (Å²) in [4.78, 5) is 0. The van der Waals surface area contributed by atoms with Gasteiger partial charge in [0.25, 0.3) is 0 Å². The number of nitrogens with zero attached hydrogens (tertiary/aromatic N) is 3. The summed E-state index contributed by atoms with van der Waals surface area (Å²) in [6.07, 6.45) is 3.79. The third kappa shape index (κ3) is 3.69. The Morgan fingerprint density at radius 2 is 2.16 bits per heavy atom. The Morgan fingerprint density at radius 3 is 2.84 bits per heavy atom. The van der Waals surface area contributed by atoms with E-state index in [9.17, 15) is 0 Å². The van der Waals surface area contributed by atoms with E-state index in [1.54, 1.807) is 10.7 Å². The molecule has 19 heavy (non-hydrogen) atoms. The van der Waals surface area contributed by atoms with E-state index in [1.165, 1.54) is 0 Å². The van der Waals surface area contributed by atoms with Gasteiger partial charge in [-0.2, -0.15) is 0 Å². The van der Waals surface area contributed by atoms with Crippen LogP contribution >= 0.6 is 23.2 Å². The summed E-state index contributed by atoms with van der Waals surface area (Å²) in [5.41, 5.74) is 7.77. The van der Waals surface area contributed by atoms with Crippen molar-refractivity contribution in [2.45, 2.75) is 32.4 Å². The third-order valence-electron chi connectivity index (χ3n) is 2.88. The maximum Gasteiger partial charge on any atom is 0.0994 e. The molecule has 0 saturated carbocycles. The largest absolute Gasteiger partial charge is 0.323 e. The second-order valence-corrected chi connectivity index (χ2v) is 5.32. The SMILES string of the molecule is CCCC(N)c1cn(Cc2ccc(Cl)cc2Cl)nn1. The maximum atomic E-state index is 6.13. The lowest BCUT2D eigenvalue weighted by Crippen LogP contribution is -2.10. The smallest absolute Gasteiger partial charge is 0.0994 e. The Labute approximate surface area is 122 Å². The van der Waals surface area contributed by atoms with E-state index in [-0.39, 0.29) is 6.04 Å². The van der Waals surface area contributed by atoms with Gasteiger partial charge in [0.05, 0.1) is 24.5 Å². The molecule has 0 aliphatic rings. The lowest BCUT2D eigenvalue weighted by atomic mass is 10.1. The van der Waals surface area contributed by atoms with Crippen molar-refractivity contribution < 1.29 is 0 Å². The minimum absolute atomic E-state index is 0.0561. The van der Waals surface area contributed by atoms with Gasteiger partial charge in [-0.05, 0) is 24.1 Å². The van der Waals surface area contributed by atoms with Crippen molar-refractivity contribution in [3.05, 3.63) is 45.7 Å². The quantitative estimate of drug-likeness (QED) is 0.920. The molecule has 0 aliphatic heterocycles. The predicted molar refractivity (Wildman–Crippen MR) is 77.4 cm³/mol. The van der Waals surface area contributed by atoms with Crippen LogP contribution in [0.1, 0.15) is 37.1 Å². The monoisotopic (exact) mass is 298 g/mol. The first-order valence-electron chi connectivity index (χ1n) is 6.19. The highest BCUT2D eigenvalue weighted by molar-refractivity contribution is 6.35. The van der Waals surface area contributed by atoms with E-state index in [4.69, 9.17) is 28.9 Å². The molecule has 2 N–H and O–H groups in total. The van der Waals surface area contributed by atoms with Gasteiger partial charge in [-0.3, -0.25) is 0 Å². The molecule has 2 rings (SSSR count). The molecule has 0 bridgehead atoms. The van der Waals surface area contributed by atoms with Crippen molar-refractivity contribution in [3.8, 4) is 0 Å². The number of hydrogen-bond acceptors (Lipinski definition) is 3. The molecule has 0 amide bonds. The number of halogens is 2. The zero-order valence-electron chi connectivity index (χ0n) is 10.7. The van der Waals surface area contributed by atoms with Gasteiger partial charge in [0.1, 0.15) is 0 Å². The molecular weight excluding hydrogens is 283 g/mol. The Balaban J connectivity index is 2.11. The average Bonchev–Trinajstić information content (AvgIpc) is 2.82. The Hall–Kier alpha value is -1.10. The molecule has 4 nitrogen and oxygen atoms in total. The molecule has 102 valence electrons. The molecule has 1 aromatic heterocycles. The van der Waals surface area contributed by atoms with Crippen molar-refractivity contribution in [1.29, 1.82) is 0 Å². The summed E-state index contributed by atoms with van der Waals surface area (Å²) in [5, 5.41) is 9.42. The standard InChI is InChI=1S/C13H16Cl2N4/c1-2-3-12(16)13-8-19(18-17-13)7-9-4-5-10(14)6-11(9)15/h4-6,8,12H,2-3,7,16H2,1H3. The lowest BCUT2D eigenvalue weighted by Gasteiger charge is -2.05. The Bertz CT molecular complexity index is 553. The van der Waals surface area contributed by atoms with Gasteiger partial charge >= 0.3 is 0 Å². The third-order valence-corrected chi connectivity index (χ3v) is 3.47. The van der Waals surface area contributed by atoms with Crippen LogP contribution in [0.2, 0.25) is 10.0 Å². The van der Waals surface area contributed by atoms with E-state index in [2.05, 4.69) is 17.2 Å². The van der Waals surface area contributed by atoms with Crippen LogP contribution in [0.4, 0.5) is 0 Å². The second kappa shape index (κ2) is 6.37. The van der Waals surface area contributed by atoms with Crippen LogP contribution in [0.15, 0.2) is 24.4 Å². The number of aromatic nitrogens is 3. The zero-order chi connectivity index (χ0) is 13.8. The van der Waals surface area contributed by atoms with Crippen LogP contribution in [0.25, 0.3) is 0 Å². The number of nitrogens with two attached hydrogens (primary N) is 1. The van der Waals surface area contributed by atoms with Gasteiger partial charge in [0.15, 0.2) is 0 Å². The molecule has 1 atom stereocenters. The first kappa shape index (κ1) is 14.3. The molecule has 0 saturated heterocycles. The van der Waals surface area contributed by atoms with Gasteiger partial charge in [0, 0.05) is 10.0 Å². The highest BCUT2D eigenvalue weighted by Crippen LogP contribution is 2.22. The molecule has 0 fully saturated rings. The van der Waals surface area contributed by atoms with Gasteiger partial charge < -0.3 is 5.73 Å². The summed E-state index contributed by atoms with van der Waals surface area (Å²) in [7, 11) is 0. The van der Waals surface area contributed by atoms with Gasteiger partial charge in [-0.15, -0.1) is 5.10 Å². The van der Waals surface area contributed by atoms with Gasteiger partial charge in [-0.25, -0.2) is 4.68 Å². The van der Waals surface area contributed by atoms with Crippen molar-refractivity contribution in [2.24, 2.45) is 5.73 Å². The first-order chi connectivity index (χ1) is 9.10. The summed E-state index contributed by atoms with van der Waals surface area (Å²) in [5.74, 6) is 0. The number of rotatable bonds is 5. The maximum absolute atomic E-state index is 6.13. The van der Waals surface area contributed by atoms with Crippen LogP contribution in [0.5, 0.6) is 0 Å². The van der Waals surface area contributed by atoms with Gasteiger partial charge in [0.2, 0.25) is 0 Å².